The second kappa shape index (κ2) is 9.11. The summed E-state index contributed by atoms with van der Waals surface area (Å²) in [6, 6.07) is -0.926. The Bertz CT molecular complexity index is 425. The number of hydrogen-bond acceptors (Lipinski definition) is 8. The minimum Gasteiger partial charge on any atom is -0.394 e. The van der Waals surface area contributed by atoms with Crippen molar-refractivity contribution in [2.24, 2.45) is 5.29 Å². The molecule has 0 bridgehead atoms. The third-order valence-electron chi connectivity index (χ3n) is 3.36. The molecule has 0 radical (unpaired) electrons. The van der Waals surface area contributed by atoms with Gasteiger partial charge in [-0.3, -0.25) is 4.90 Å². The number of ether oxygens (including phenoxy) is 1. The summed E-state index contributed by atoms with van der Waals surface area (Å²) in [5.41, 5.74) is 0. The number of aliphatic hydroxyl groups excluding tert-OH is 4. The maximum Gasteiger partial charge on any atom is 0.345 e. The van der Waals surface area contributed by atoms with Crippen LogP contribution in [0.3, 0.4) is 0 Å². The van der Waals surface area contributed by atoms with E-state index in [4.69, 9.17) is 16.3 Å². The van der Waals surface area contributed by atoms with Gasteiger partial charge in [0.15, 0.2) is 6.23 Å². The molecular formula is C12H20ClN3O7. The fourth-order valence-electron chi connectivity index (χ4n) is 2.17. The van der Waals surface area contributed by atoms with Crippen molar-refractivity contribution in [1.29, 1.82) is 0 Å². The van der Waals surface area contributed by atoms with Crippen LogP contribution in [0.15, 0.2) is 17.9 Å². The summed E-state index contributed by atoms with van der Waals surface area (Å²) in [5, 5.41) is 41.8. The number of rotatable bonds is 7. The highest BCUT2D eigenvalue weighted by molar-refractivity contribution is 6.18. The fraction of sp³-hybridized carbons (Fsp3) is 0.750. The van der Waals surface area contributed by atoms with Gasteiger partial charge >= 0.3 is 6.03 Å². The number of amides is 2. The molecule has 11 heteroatoms. The second-order valence-electron chi connectivity index (χ2n) is 4.84. The first-order chi connectivity index (χ1) is 10.9. The van der Waals surface area contributed by atoms with Crippen LogP contribution >= 0.6 is 11.6 Å². The highest BCUT2D eigenvalue weighted by atomic mass is 35.5. The average Bonchev–Trinajstić information content (AvgIpc) is 2.55. The molecule has 23 heavy (non-hydrogen) atoms. The molecule has 2 amide bonds. The smallest absolute Gasteiger partial charge is 0.345 e. The molecule has 1 fully saturated rings. The molecule has 1 aliphatic heterocycles. The van der Waals surface area contributed by atoms with Gasteiger partial charge in [-0.25, -0.2) is 4.79 Å². The van der Waals surface area contributed by atoms with Crippen LogP contribution in [0.5, 0.6) is 0 Å². The van der Waals surface area contributed by atoms with E-state index in [0.717, 1.165) is 4.90 Å². The highest BCUT2D eigenvalue weighted by Crippen LogP contribution is 2.24. The maximum absolute atomic E-state index is 12.3. The number of halogens is 1. The Hall–Kier alpha value is -1.30. The monoisotopic (exact) mass is 353 g/mol. The van der Waals surface area contributed by atoms with Gasteiger partial charge in [0, 0.05) is 12.4 Å². The van der Waals surface area contributed by atoms with E-state index >= 15 is 0 Å². The van der Waals surface area contributed by atoms with E-state index in [-0.39, 0.29) is 19.0 Å². The molecule has 5 atom stereocenters. The first-order valence-corrected chi connectivity index (χ1v) is 7.35. The van der Waals surface area contributed by atoms with Crippen LogP contribution in [-0.4, -0.2) is 92.6 Å². The van der Waals surface area contributed by atoms with Crippen LogP contribution in [0, 0.1) is 4.91 Å². The number of urea groups is 1. The SMILES string of the molecule is C=CCN(C(=O)N(CCCl)N=O)C1O[C@H](CO)[C@H](O)[C@H](O)[C@H]1O. The largest absolute Gasteiger partial charge is 0.394 e. The summed E-state index contributed by atoms with van der Waals surface area (Å²) in [6.07, 6.45) is -6.18. The number of aliphatic hydroxyl groups is 4. The van der Waals surface area contributed by atoms with E-state index in [1.165, 1.54) is 6.08 Å². The van der Waals surface area contributed by atoms with E-state index in [9.17, 15) is 30.1 Å². The molecule has 1 heterocycles. The van der Waals surface area contributed by atoms with E-state index < -0.39 is 43.3 Å². The number of nitroso groups, excluding NO2 is 1. The first kappa shape index (κ1) is 19.7. The zero-order valence-corrected chi connectivity index (χ0v) is 13.0. The molecule has 0 aromatic heterocycles. The maximum atomic E-state index is 12.3. The lowest BCUT2D eigenvalue weighted by Crippen LogP contribution is -2.65. The molecule has 1 aliphatic rings. The summed E-state index contributed by atoms with van der Waals surface area (Å²) < 4.78 is 5.28. The zero-order valence-electron chi connectivity index (χ0n) is 12.2. The van der Waals surface area contributed by atoms with Gasteiger partial charge in [0.1, 0.15) is 24.4 Å². The molecule has 1 saturated heterocycles. The van der Waals surface area contributed by atoms with Crippen molar-refractivity contribution in [2.75, 3.05) is 25.6 Å². The van der Waals surface area contributed by atoms with Crippen LogP contribution in [0.4, 0.5) is 4.79 Å². The van der Waals surface area contributed by atoms with Gasteiger partial charge in [-0.1, -0.05) is 6.08 Å². The summed E-state index contributed by atoms with van der Waals surface area (Å²) in [4.78, 5) is 24.0. The Kier molecular flexibility index (Phi) is 7.82. The summed E-state index contributed by atoms with van der Waals surface area (Å²) >= 11 is 5.49. The summed E-state index contributed by atoms with van der Waals surface area (Å²) in [7, 11) is 0. The standard InChI is InChI=1S/C12H20ClN3O7/c1-2-4-15(12(21)16(14-22)5-3-13)11-10(20)9(19)8(18)7(6-17)23-11/h2,7-11,17-20H,1,3-6H2/t7-,8+,9+,10-,11?/m1/s1. The predicted molar refractivity (Wildman–Crippen MR) is 79.3 cm³/mol. The average molecular weight is 354 g/mol. The quantitative estimate of drug-likeness (QED) is 0.191. The van der Waals surface area contributed by atoms with Gasteiger partial charge in [0.25, 0.3) is 0 Å². The lowest BCUT2D eigenvalue weighted by Gasteiger charge is -2.44. The summed E-state index contributed by atoms with van der Waals surface area (Å²) in [5.74, 6) is -0.0475. The number of alkyl halides is 1. The van der Waals surface area contributed by atoms with Crippen molar-refractivity contribution in [3.63, 3.8) is 0 Å². The molecule has 0 saturated carbocycles. The highest BCUT2D eigenvalue weighted by Gasteiger charge is 2.47. The molecule has 10 nitrogen and oxygen atoms in total. The zero-order chi connectivity index (χ0) is 17.6. The Labute approximate surface area is 137 Å². The van der Waals surface area contributed by atoms with E-state index in [0.29, 0.717) is 5.01 Å². The molecule has 0 aromatic carbocycles. The minimum absolute atomic E-state index is 0.0475. The summed E-state index contributed by atoms with van der Waals surface area (Å²) in [6.45, 7) is 2.50. The molecule has 0 spiro atoms. The molecular weight excluding hydrogens is 334 g/mol. The van der Waals surface area contributed by atoms with Crippen molar-refractivity contribution in [3.8, 4) is 0 Å². The minimum atomic E-state index is -1.67. The van der Waals surface area contributed by atoms with Crippen LogP contribution in [0.25, 0.3) is 0 Å². The number of carbonyl (C=O) groups excluding carboxylic acids is 1. The normalized spacial score (nSPS) is 30.6. The number of nitrogens with zero attached hydrogens (tertiary/aromatic N) is 3. The molecule has 0 aromatic rings. The number of carbonyl (C=O) groups is 1. The van der Waals surface area contributed by atoms with Crippen molar-refractivity contribution in [1.82, 2.24) is 9.91 Å². The molecule has 1 rings (SSSR count). The van der Waals surface area contributed by atoms with Gasteiger partial charge in [0.05, 0.1) is 18.4 Å². The van der Waals surface area contributed by atoms with Gasteiger partial charge < -0.3 is 25.2 Å². The van der Waals surface area contributed by atoms with Crippen molar-refractivity contribution in [2.45, 2.75) is 30.6 Å². The Morgan fingerprint density at radius 2 is 1.96 bits per heavy atom. The van der Waals surface area contributed by atoms with Crippen LogP contribution in [-0.2, 0) is 4.74 Å². The van der Waals surface area contributed by atoms with Crippen molar-refractivity contribution < 1.29 is 30.0 Å². The van der Waals surface area contributed by atoms with Crippen LogP contribution in [0.2, 0.25) is 0 Å². The lowest BCUT2D eigenvalue weighted by atomic mass is 9.98. The third-order valence-corrected chi connectivity index (χ3v) is 3.53. The second-order valence-corrected chi connectivity index (χ2v) is 5.21. The van der Waals surface area contributed by atoms with Crippen molar-refractivity contribution >= 4 is 17.6 Å². The molecule has 1 unspecified atom stereocenters. The lowest BCUT2D eigenvalue weighted by molar-refractivity contribution is -0.257. The molecule has 0 aliphatic carbocycles. The first-order valence-electron chi connectivity index (χ1n) is 6.81. The van der Waals surface area contributed by atoms with Crippen molar-refractivity contribution in [3.05, 3.63) is 17.6 Å². The molecule has 4 N–H and O–H groups in total. The Morgan fingerprint density at radius 3 is 2.43 bits per heavy atom. The fourth-order valence-corrected chi connectivity index (χ4v) is 2.33. The predicted octanol–water partition coefficient (Wildman–Crippen LogP) is -1.38. The van der Waals surface area contributed by atoms with E-state index in [1.807, 2.05) is 0 Å². The molecule has 132 valence electrons. The Morgan fingerprint density at radius 1 is 1.30 bits per heavy atom. The van der Waals surface area contributed by atoms with Gasteiger partial charge in [-0.05, 0) is 0 Å². The Balaban J connectivity index is 3.04. The third kappa shape index (κ3) is 4.37. The topological polar surface area (TPSA) is 143 Å². The van der Waals surface area contributed by atoms with E-state index in [1.54, 1.807) is 0 Å². The van der Waals surface area contributed by atoms with Gasteiger partial charge in [0.2, 0.25) is 0 Å². The number of hydrogen-bond donors (Lipinski definition) is 4. The van der Waals surface area contributed by atoms with Gasteiger partial charge in [-0.15, -0.1) is 23.1 Å². The van der Waals surface area contributed by atoms with Gasteiger partial charge in [-0.2, -0.15) is 5.01 Å². The van der Waals surface area contributed by atoms with E-state index in [2.05, 4.69) is 11.9 Å². The van der Waals surface area contributed by atoms with Crippen LogP contribution < -0.4 is 0 Å². The van der Waals surface area contributed by atoms with Crippen LogP contribution in [0.1, 0.15) is 0 Å².